The molecule has 1 aliphatic heterocycles. The van der Waals surface area contributed by atoms with Gasteiger partial charge < -0.3 is 14.7 Å². The smallest absolute Gasteiger partial charge is 0.303 e. The molecule has 1 heterocycles. The van der Waals surface area contributed by atoms with E-state index >= 15 is 0 Å². The molecule has 1 amide bonds. The SMILES string of the molecule is CC(C)(CC(=O)O)CC(=O)N1CCCOCC1. The van der Waals surface area contributed by atoms with Gasteiger partial charge in [-0.05, 0) is 11.8 Å². The lowest BCUT2D eigenvalue weighted by Gasteiger charge is -2.26. The van der Waals surface area contributed by atoms with Gasteiger partial charge in [0.05, 0.1) is 13.0 Å². The average molecular weight is 243 g/mol. The molecule has 98 valence electrons. The summed E-state index contributed by atoms with van der Waals surface area (Å²) in [5.74, 6) is -0.830. The molecule has 1 saturated heterocycles. The summed E-state index contributed by atoms with van der Waals surface area (Å²) in [4.78, 5) is 24.5. The van der Waals surface area contributed by atoms with Gasteiger partial charge in [-0.1, -0.05) is 13.8 Å². The molecule has 5 nitrogen and oxygen atoms in total. The molecule has 5 heteroatoms. The minimum absolute atomic E-state index is 0.0169. The Morgan fingerprint density at radius 1 is 1.24 bits per heavy atom. The van der Waals surface area contributed by atoms with E-state index < -0.39 is 11.4 Å². The highest BCUT2D eigenvalue weighted by atomic mass is 16.5. The van der Waals surface area contributed by atoms with Gasteiger partial charge in [-0.2, -0.15) is 0 Å². The van der Waals surface area contributed by atoms with Crippen molar-refractivity contribution in [2.45, 2.75) is 33.1 Å². The number of rotatable bonds is 4. The number of aliphatic carboxylic acids is 1. The molecule has 1 N–H and O–H groups in total. The van der Waals surface area contributed by atoms with Gasteiger partial charge in [-0.25, -0.2) is 0 Å². The van der Waals surface area contributed by atoms with Crippen LogP contribution in [0.4, 0.5) is 0 Å². The van der Waals surface area contributed by atoms with E-state index in [1.807, 2.05) is 13.8 Å². The van der Waals surface area contributed by atoms with Crippen molar-refractivity contribution in [1.29, 1.82) is 0 Å². The number of ether oxygens (including phenoxy) is 1. The Morgan fingerprint density at radius 3 is 2.59 bits per heavy atom. The van der Waals surface area contributed by atoms with E-state index in [1.165, 1.54) is 0 Å². The molecule has 1 aliphatic rings. The molecule has 17 heavy (non-hydrogen) atoms. The van der Waals surface area contributed by atoms with Crippen molar-refractivity contribution in [1.82, 2.24) is 4.90 Å². The molecule has 0 aromatic carbocycles. The summed E-state index contributed by atoms with van der Waals surface area (Å²) < 4.78 is 5.28. The van der Waals surface area contributed by atoms with Crippen molar-refractivity contribution >= 4 is 11.9 Å². The third-order valence-corrected chi connectivity index (χ3v) is 2.83. The topological polar surface area (TPSA) is 66.8 Å². The van der Waals surface area contributed by atoms with Gasteiger partial charge in [-0.3, -0.25) is 9.59 Å². The maximum Gasteiger partial charge on any atom is 0.303 e. The van der Waals surface area contributed by atoms with Crippen molar-refractivity contribution in [2.75, 3.05) is 26.3 Å². The highest BCUT2D eigenvalue weighted by molar-refractivity contribution is 5.78. The lowest BCUT2D eigenvalue weighted by Crippen LogP contribution is -2.36. The number of amides is 1. The third-order valence-electron chi connectivity index (χ3n) is 2.83. The summed E-state index contributed by atoms with van der Waals surface area (Å²) in [7, 11) is 0. The van der Waals surface area contributed by atoms with E-state index in [0.717, 1.165) is 6.42 Å². The summed E-state index contributed by atoms with van der Waals surface area (Å²) in [6, 6.07) is 0. The molecule has 0 spiro atoms. The molecule has 0 saturated carbocycles. The molecule has 0 aromatic heterocycles. The first-order valence-corrected chi connectivity index (χ1v) is 5.98. The first-order valence-electron chi connectivity index (χ1n) is 5.98. The van der Waals surface area contributed by atoms with Gasteiger partial charge in [-0.15, -0.1) is 0 Å². The number of nitrogens with zero attached hydrogens (tertiary/aromatic N) is 1. The van der Waals surface area contributed by atoms with Gasteiger partial charge in [0.15, 0.2) is 0 Å². The Hall–Kier alpha value is -1.10. The van der Waals surface area contributed by atoms with Crippen LogP contribution >= 0.6 is 0 Å². The lowest BCUT2D eigenvalue weighted by atomic mass is 9.85. The van der Waals surface area contributed by atoms with Gasteiger partial charge in [0, 0.05) is 26.1 Å². The van der Waals surface area contributed by atoms with Gasteiger partial charge in [0.25, 0.3) is 0 Å². The Morgan fingerprint density at radius 2 is 1.94 bits per heavy atom. The van der Waals surface area contributed by atoms with Gasteiger partial charge >= 0.3 is 5.97 Å². The minimum Gasteiger partial charge on any atom is -0.481 e. The van der Waals surface area contributed by atoms with Gasteiger partial charge in [0.2, 0.25) is 5.91 Å². The quantitative estimate of drug-likeness (QED) is 0.803. The fourth-order valence-electron chi connectivity index (χ4n) is 1.99. The van der Waals surface area contributed by atoms with Crippen LogP contribution in [0.25, 0.3) is 0 Å². The Balaban J connectivity index is 2.48. The predicted molar refractivity (Wildman–Crippen MR) is 62.7 cm³/mol. The highest BCUT2D eigenvalue weighted by Crippen LogP contribution is 2.26. The molecule has 0 radical (unpaired) electrons. The van der Waals surface area contributed by atoms with Crippen molar-refractivity contribution in [2.24, 2.45) is 5.41 Å². The fraction of sp³-hybridized carbons (Fsp3) is 0.833. The number of carboxylic acid groups (broad SMARTS) is 1. The Kier molecular flexibility index (Phi) is 4.93. The van der Waals surface area contributed by atoms with Gasteiger partial charge in [0.1, 0.15) is 0 Å². The van der Waals surface area contributed by atoms with E-state index in [0.29, 0.717) is 26.3 Å². The van der Waals surface area contributed by atoms with Crippen LogP contribution in [-0.4, -0.2) is 48.2 Å². The first kappa shape index (κ1) is 14.0. The summed E-state index contributed by atoms with van der Waals surface area (Å²) in [5.41, 5.74) is -0.490. The maximum absolute atomic E-state index is 12.0. The minimum atomic E-state index is -0.859. The Bertz CT molecular complexity index is 280. The van der Waals surface area contributed by atoms with E-state index in [4.69, 9.17) is 9.84 Å². The molecule has 0 aliphatic carbocycles. The van der Waals surface area contributed by atoms with Crippen molar-refractivity contribution in [3.8, 4) is 0 Å². The van der Waals surface area contributed by atoms with Crippen molar-refractivity contribution in [3.63, 3.8) is 0 Å². The molecule has 0 unspecified atom stereocenters. The normalized spacial score (nSPS) is 17.6. The molecule has 1 rings (SSSR count). The second-order valence-electron chi connectivity index (χ2n) is 5.26. The summed E-state index contributed by atoms with van der Waals surface area (Å²) in [6.07, 6.45) is 1.15. The second kappa shape index (κ2) is 6.00. The van der Waals surface area contributed by atoms with E-state index in [9.17, 15) is 9.59 Å². The fourth-order valence-corrected chi connectivity index (χ4v) is 1.99. The predicted octanol–water partition coefficient (Wildman–Crippen LogP) is 1.13. The van der Waals surface area contributed by atoms with Crippen LogP contribution in [0.2, 0.25) is 0 Å². The molecular formula is C12H21NO4. The summed E-state index contributed by atoms with van der Waals surface area (Å²) >= 11 is 0. The molecule has 1 fully saturated rings. The zero-order valence-corrected chi connectivity index (χ0v) is 10.6. The monoisotopic (exact) mass is 243 g/mol. The van der Waals surface area contributed by atoms with Crippen molar-refractivity contribution < 1.29 is 19.4 Å². The van der Waals surface area contributed by atoms with Crippen LogP contribution in [0, 0.1) is 5.41 Å². The lowest BCUT2D eigenvalue weighted by molar-refractivity contribution is -0.140. The molecule has 0 atom stereocenters. The number of carbonyl (C=O) groups excluding carboxylic acids is 1. The van der Waals surface area contributed by atoms with Crippen LogP contribution in [0.1, 0.15) is 33.1 Å². The number of hydrogen-bond donors (Lipinski definition) is 1. The van der Waals surface area contributed by atoms with Crippen LogP contribution in [0.5, 0.6) is 0 Å². The third kappa shape index (κ3) is 5.17. The maximum atomic E-state index is 12.0. The van der Waals surface area contributed by atoms with Crippen molar-refractivity contribution in [3.05, 3.63) is 0 Å². The molecular weight excluding hydrogens is 222 g/mol. The van der Waals surface area contributed by atoms with Crippen LogP contribution in [0.3, 0.4) is 0 Å². The number of hydrogen-bond acceptors (Lipinski definition) is 3. The van der Waals surface area contributed by atoms with E-state index in [-0.39, 0.29) is 18.7 Å². The zero-order valence-electron chi connectivity index (χ0n) is 10.6. The number of carbonyl (C=O) groups is 2. The molecule has 0 bridgehead atoms. The summed E-state index contributed by atoms with van der Waals surface area (Å²) in [5, 5.41) is 8.77. The Labute approximate surface area is 102 Å². The highest BCUT2D eigenvalue weighted by Gasteiger charge is 2.27. The van der Waals surface area contributed by atoms with E-state index in [2.05, 4.69) is 0 Å². The van der Waals surface area contributed by atoms with Crippen LogP contribution < -0.4 is 0 Å². The first-order chi connectivity index (χ1) is 7.91. The standard InChI is InChI=1S/C12H21NO4/c1-12(2,9-11(15)16)8-10(14)13-4-3-6-17-7-5-13/h3-9H2,1-2H3,(H,15,16). The zero-order chi connectivity index (χ0) is 12.9. The largest absolute Gasteiger partial charge is 0.481 e. The number of carboxylic acids is 1. The average Bonchev–Trinajstić information content (AvgIpc) is 2.41. The van der Waals surface area contributed by atoms with Crippen LogP contribution in [0.15, 0.2) is 0 Å². The summed E-state index contributed by atoms with van der Waals surface area (Å²) in [6.45, 7) is 6.22. The molecule has 0 aromatic rings. The van der Waals surface area contributed by atoms with Crippen LogP contribution in [-0.2, 0) is 14.3 Å². The second-order valence-corrected chi connectivity index (χ2v) is 5.26. The van der Waals surface area contributed by atoms with E-state index in [1.54, 1.807) is 4.90 Å².